The van der Waals surface area contributed by atoms with Crippen molar-refractivity contribution in [2.24, 2.45) is 4.99 Å². The van der Waals surface area contributed by atoms with Crippen molar-refractivity contribution in [1.29, 1.82) is 0 Å². The Labute approximate surface area is 204 Å². The quantitative estimate of drug-likeness (QED) is 0.434. The molecule has 1 heterocycles. The van der Waals surface area contributed by atoms with Gasteiger partial charge < -0.3 is 14.3 Å². The van der Waals surface area contributed by atoms with Crippen LogP contribution in [0.25, 0.3) is 0 Å². The number of hydrogen-bond acceptors (Lipinski definition) is 8. The van der Waals surface area contributed by atoms with E-state index in [1.54, 1.807) is 49.4 Å². The molecule has 2 aromatic rings. The smallest absolute Gasteiger partial charge is 0.456 e. The molecule has 0 saturated heterocycles. The van der Waals surface area contributed by atoms with Crippen molar-refractivity contribution in [1.82, 2.24) is 9.79 Å². The molecule has 1 aliphatic heterocycles. The van der Waals surface area contributed by atoms with E-state index >= 15 is 0 Å². The largest absolute Gasteiger partial charge is 0.533 e. The highest BCUT2D eigenvalue weighted by atomic mass is 35.5. The summed E-state index contributed by atoms with van der Waals surface area (Å²) in [4.78, 5) is 20.9. The zero-order valence-corrected chi connectivity index (χ0v) is 20.8. The van der Waals surface area contributed by atoms with Gasteiger partial charge in [0.2, 0.25) is 5.29 Å². The highest BCUT2D eigenvalue weighted by molar-refractivity contribution is 7.89. The number of nitrogens with one attached hydrogen (secondary N) is 1. The molecule has 2 aromatic carbocycles. The van der Waals surface area contributed by atoms with Gasteiger partial charge in [-0.25, -0.2) is 13.2 Å². The molecule has 0 amide bonds. The Morgan fingerprint density at radius 3 is 2.35 bits per heavy atom. The fourth-order valence-electron chi connectivity index (χ4n) is 2.90. The highest BCUT2D eigenvalue weighted by Crippen LogP contribution is 2.25. The topological polar surface area (TPSA) is 107 Å². The number of nitrogens with zero attached hydrogens (tertiary/aromatic N) is 2. The monoisotopic (exact) mass is 507 g/mol. The third-order valence-electron chi connectivity index (χ3n) is 4.65. The maximum atomic E-state index is 13.1. The van der Waals surface area contributed by atoms with Crippen LogP contribution in [0.2, 0.25) is 0 Å². The van der Waals surface area contributed by atoms with Gasteiger partial charge in [0, 0.05) is 0 Å². The van der Waals surface area contributed by atoms with Gasteiger partial charge in [0.05, 0.1) is 11.5 Å². The Morgan fingerprint density at radius 1 is 1.12 bits per heavy atom. The van der Waals surface area contributed by atoms with Crippen molar-refractivity contribution in [3.63, 3.8) is 0 Å². The van der Waals surface area contributed by atoms with Crippen LogP contribution in [0.1, 0.15) is 33.3 Å². The Morgan fingerprint density at radius 2 is 1.76 bits per heavy atom. The van der Waals surface area contributed by atoms with Crippen molar-refractivity contribution in [2.75, 3.05) is 13.2 Å². The molecule has 0 fully saturated rings. The molecule has 0 aromatic heterocycles. The van der Waals surface area contributed by atoms with E-state index in [1.807, 2.05) is 20.8 Å². The molecule has 9 nitrogen and oxygen atoms in total. The summed E-state index contributed by atoms with van der Waals surface area (Å²) >= 11 is 6.15. The lowest BCUT2D eigenvalue weighted by Crippen LogP contribution is -2.39. The van der Waals surface area contributed by atoms with Gasteiger partial charge in [-0.15, -0.1) is 0 Å². The molecule has 0 bridgehead atoms. The fraction of sp³-hybridized carbons (Fsp3) is 0.304. The Hall–Kier alpha value is -3.24. The number of para-hydroxylation sites is 1. The first-order chi connectivity index (χ1) is 16.0. The zero-order valence-electron chi connectivity index (χ0n) is 19.2. The molecule has 3 rings (SSSR count). The standard InChI is InChI=1S/C23H26ClN3O6S/c1-5-31-22(28)33-27-15-19(32-17-9-7-6-8-10-17)20(25-21(27)24)26-34(29,30)18-13-11-16(12-14-18)23(2,3)4/h6-14,26H,5,15H2,1-4H3. The van der Waals surface area contributed by atoms with Crippen LogP contribution in [-0.4, -0.2) is 38.1 Å². The van der Waals surface area contributed by atoms with Crippen LogP contribution in [0, 0.1) is 0 Å². The number of aliphatic imine (C=N–C) groups is 1. The first-order valence-corrected chi connectivity index (χ1v) is 12.3. The Kier molecular flexibility index (Phi) is 7.73. The van der Waals surface area contributed by atoms with E-state index in [0.717, 1.165) is 10.6 Å². The number of sulfonamides is 1. The summed E-state index contributed by atoms with van der Waals surface area (Å²) in [6.45, 7) is 7.62. The summed E-state index contributed by atoms with van der Waals surface area (Å²) in [6, 6.07) is 15.2. The molecular weight excluding hydrogens is 482 g/mol. The summed E-state index contributed by atoms with van der Waals surface area (Å²) in [6.07, 6.45) is -0.988. The van der Waals surface area contributed by atoms with Crippen molar-refractivity contribution in [3.8, 4) is 5.75 Å². The highest BCUT2D eigenvalue weighted by Gasteiger charge is 2.29. The Balaban J connectivity index is 1.91. The second kappa shape index (κ2) is 10.4. The van der Waals surface area contributed by atoms with Crippen molar-refractivity contribution in [3.05, 3.63) is 71.7 Å². The lowest BCUT2D eigenvalue weighted by atomic mass is 9.87. The first kappa shape index (κ1) is 25.4. The maximum Gasteiger partial charge on any atom is 0.533 e. The summed E-state index contributed by atoms with van der Waals surface area (Å²) in [7, 11) is -4.02. The van der Waals surface area contributed by atoms with Gasteiger partial charge in [-0.1, -0.05) is 51.1 Å². The molecule has 11 heteroatoms. The molecule has 182 valence electrons. The second-order valence-corrected chi connectivity index (χ2v) is 10.3. The molecular formula is C23H26ClN3O6S. The van der Waals surface area contributed by atoms with Gasteiger partial charge >= 0.3 is 6.16 Å². The number of ether oxygens (including phenoxy) is 2. The normalized spacial score (nSPS) is 14.4. The van der Waals surface area contributed by atoms with E-state index in [-0.39, 0.29) is 40.3 Å². The average Bonchev–Trinajstić information content (AvgIpc) is 2.77. The van der Waals surface area contributed by atoms with Crippen LogP contribution >= 0.6 is 11.6 Å². The van der Waals surface area contributed by atoms with Gasteiger partial charge in [0.25, 0.3) is 10.0 Å². The number of halogens is 1. The molecule has 0 unspecified atom stereocenters. The second-order valence-electron chi connectivity index (χ2n) is 8.26. The number of benzene rings is 2. The fourth-order valence-corrected chi connectivity index (χ4v) is 4.10. The van der Waals surface area contributed by atoms with Crippen LogP contribution in [0.4, 0.5) is 4.79 Å². The molecule has 34 heavy (non-hydrogen) atoms. The number of hydrogen-bond donors (Lipinski definition) is 1. The molecule has 0 spiro atoms. The first-order valence-electron chi connectivity index (χ1n) is 10.5. The minimum atomic E-state index is -4.02. The molecule has 1 aliphatic rings. The molecule has 0 radical (unpaired) electrons. The third kappa shape index (κ3) is 6.42. The van der Waals surface area contributed by atoms with Gasteiger partial charge in [-0.05, 0) is 53.8 Å². The average molecular weight is 508 g/mol. The minimum Gasteiger partial charge on any atom is -0.456 e. The van der Waals surface area contributed by atoms with E-state index < -0.39 is 16.2 Å². The van der Waals surface area contributed by atoms with Crippen LogP contribution < -0.4 is 9.46 Å². The van der Waals surface area contributed by atoms with Crippen LogP contribution in [0.15, 0.2) is 76.1 Å². The molecule has 0 atom stereocenters. The lowest BCUT2D eigenvalue weighted by Gasteiger charge is -2.27. The van der Waals surface area contributed by atoms with Gasteiger partial charge in [0.15, 0.2) is 11.6 Å². The SMILES string of the molecule is CCOC(=O)ON1CC(Oc2ccccc2)=C(NS(=O)(=O)c2ccc(C(C)(C)C)cc2)N=C1Cl. The molecule has 0 saturated carbocycles. The van der Waals surface area contributed by atoms with Crippen molar-refractivity contribution < 1.29 is 27.5 Å². The molecule has 0 aliphatic carbocycles. The summed E-state index contributed by atoms with van der Waals surface area (Å²) < 4.78 is 39.2. The van der Waals surface area contributed by atoms with Gasteiger partial charge in [-0.3, -0.25) is 4.72 Å². The van der Waals surface area contributed by atoms with Crippen LogP contribution in [0.3, 0.4) is 0 Å². The number of carbonyl (C=O) groups excluding carboxylic acids is 1. The summed E-state index contributed by atoms with van der Waals surface area (Å²) in [5.74, 6) is 0.347. The third-order valence-corrected chi connectivity index (χ3v) is 6.28. The van der Waals surface area contributed by atoms with Gasteiger partial charge in [0.1, 0.15) is 12.3 Å². The van der Waals surface area contributed by atoms with Crippen molar-refractivity contribution in [2.45, 2.75) is 38.0 Å². The van der Waals surface area contributed by atoms with E-state index in [4.69, 9.17) is 25.9 Å². The maximum absolute atomic E-state index is 13.1. The van der Waals surface area contributed by atoms with Crippen LogP contribution in [0.5, 0.6) is 5.75 Å². The predicted molar refractivity (Wildman–Crippen MR) is 128 cm³/mol. The summed E-state index contributed by atoms with van der Waals surface area (Å²) in [5, 5.41) is 0.655. The Bertz CT molecular complexity index is 1190. The number of hydroxylamine groups is 2. The van der Waals surface area contributed by atoms with E-state index in [9.17, 15) is 13.2 Å². The van der Waals surface area contributed by atoms with Gasteiger partial charge in [-0.2, -0.15) is 10.1 Å². The summed E-state index contributed by atoms with van der Waals surface area (Å²) in [5.41, 5.74) is 0.864. The predicted octanol–water partition coefficient (Wildman–Crippen LogP) is 4.51. The van der Waals surface area contributed by atoms with Crippen LogP contribution in [-0.2, 0) is 25.0 Å². The number of carbonyl (C=O) groups is 1. The zero-order chi connectivity index (χ0) is 24.9. The van der Waals surface area contributed by atoms with E-state index in [1.165, 1.54) is 12.1 Å². The van der Waals surface area contributed by atoms with E-state index in [0.29, 0.717) is 5.75 Å². The number of rotatable bonds is 7. The lowest BCUT2D eigenvalue weighted by molar-refractivity contribution is -0.0722. The van der Waals surface area contributed by atoms with E-state index in [2.05, 4.69) is 9.71 Å². The number of amidine groups is 1. The minimum absolute atomic E-state index is 0.0450. The van der Waals surface area contributed by atoms with Crippen molar-refractivity contribution >= 4 is 33.1 Å². The molecule has 1 N–H and O–H groups in total.